The number of hydrogen-bond acceptors (Lipinski definition) is 8. The summed E-state index contributed by atoms with van der Waals surface area (Å²) in [6, 6.07) is 7.52. The van der Waals surface area contributed by atoms with Crippen LogP contribution in [0.1, 0.15) is 49.9 Å². The predicted molar refractivity (Wildman–Crippen MR) is 120 cm³/mol. The normalized spacial score (nSPS) is 16.8. The number of aryl methyl sites for hydroxylation is 1. The lowest BCUT2D eigenvalue weighted by atomic mass is 10.0. The molecular weight excluding hydrogens is 410 g/mol. The first-order chi connectivity index (χ1) is 15.6. The number of aromatic nitrogens is 4. The lowest BCUT2D eigenvalue weighted by Crippen LogP contribution is -2.30. The second-order valence-corrected chi connectivity index (χ2v) is 8.12. The molecule has 170 valence electrons. The predicted octanol–water partition coefficient (Wildman–Crippen LogP) is 2.01. The third kappa shape index (κ3) is 5.31. The van der Waals surface area contributed by atoms with Gasteiger partial charge < -0.3 is 15.2 Å². The number of likely N-dealkylation sites (tertiary alicyclic amines) is 1. The van der Waals surface area contributed by atoms with E-state index in [0.717, 1.165) is 30.6 Å². The number of fused-ring (bicyclic) bond motifs is 1. The van der Waals surface area contributed by atoms with Gasteiger partial charge in [0, 0.05) is 31.3 Å². The molecule has 4 rings (SSSR count). The summed E-state index contributed by atoms with van der Waals surface area (Å²) in [5, 5.41) is 18.2. The van der Waals surface area contributed by atoms with E-state index < -0.39 is 0 Å². The van der Waals surface area contributed by atoms with Crippen LogP contribution in [0.2, 0.25) is 0 Å². The van der Waals surface area contributed by atoms with Crippen molar-refractivity contribution in [1.82, 2.24) is 30.6 Å². The molecule has 1 saturated heterocycles. The van der Waals surface area contributed by atoms with Crippen molar-refractivity contribution in [2.24, 2.45) is 0 Å². The van der Waals surface area contributed by atoms with Gasteiger partial charge in [-0.25, -0.2) is 5.10 Å². The molecule has 1 aliphatic heterocycles. The number of anilines is 1. The minimum Gasteiger partial charge on any atom is -0.368 e. The van der Waals surface area contributed by atoms with E-state index >= 15 is 0 Å². The molecule has 1 atom stereocenters. The fourth-order valence-corrected chi connectivity index (χ4v) is 3.99. The maximum Gasteiger partial charge on any atom is 0.272 e. The first kappa shape index (κ1) is 21.9. The summed E-state index contributed by atoms with van der Waals surface area (Å²) >= 11 is 0. The molecule has 0 saturated carbocycles. The number of rotatable bonds is 9. The van der Waals surface area contributed by atoms with Crippen molar-refractivity contribution in [1.29, 1.82) is 0 Å². The molecular formula is C22H29N7O3. The van der Waals surface area contributed by atoms with Gasteiger partial charge in [0.2, 0.25) is 11.8 Å². The number of carbonyl (C=O) groups excluding carboxylic acids is 1. The van der Waals surface area contributed by atoms with Gasteiger partial charge in [-0.2, -0.15) is 10.1 Å². The Labute approximate surface area is 185 Å². The average Bonchev–Trinajstić information content (AvgIpc) is 3.28. The second kappa shape index (κ2) is 10.4. The molecule has 3 N–H and O–H groups in total. The van der Waals surface area contributed by atoms with Crippen molar-refractivity contribution in [3.05, 3.63) is 46.3 Å². The fourth-order valence-electron chi connectivity index (χ4n) is 3.99. The first-order valence-electron chi connectivity index (χ1n) is 11.1. The maximum absolute atomic E-state index is 12.1. The average molecular weight is 440 g/mol. The van der Waals surface area contributed by atoms with Gasteiger partial charge in [0.1, 0.15) is 0 Å². The van der Waals surface area contributed by atoms with Crippen LogP contribution >= 0.6 is 0 Å². The van der Waals surface area contributed by atoms with Gasteiger partial charge in [0.15, 0.2) is 11.6 Å². The van der Waals surface area contributed by atoms with Crippen LogP contribution in [0.5, 0.6) is 0 Å². The summed E-state index contributed by atoms with van der Waals surface area (Å²) in [5.41, 5.74) is -0.211. The van der Waals surface area contributed by atoms with E-state index in [1.54, 1.807) is 6.07 Å². The molecule has 2 aromatic heterocycles. The van der Waals surface area contributed by atoms with E-state index in [2.05, 4.69) is 42.9 Å². The van der Waals surface area contributed by atoms with Crippen LogP contribution < -0.4 is 16.2 Å². The molecule has 1 aromatic carbocycles. The van der Waals surface area contributed by atoms with Gasteiger partial charge in [0.05, 0.1) is 11.4 Å². The lowest BCUT2D eigenvalue weighted by molar-refractivity contribution is -0.121. The number of H-pyrrole nitrogens is 1. The fraction of sp³-hybridized carbons (Fsp3) is 0.500. The number of carbonyl (C=O) groups is 1. The molecule has 32 heavy (non-hydrogen) atoms. The molecule has 3 aromatic rings. The molecule has 3 heterocycles. The third-order valence-electron chi connectivity index (χ3n) is 5.78. The number of nitrogens with one attached hydrogen (secondary N) is 3. The molecule has 0 spiro atoms. The van der Waals surface area contributed by atoms with E-state index in [1.165, 1.54) is 12.8 Å². The number of aromatic amines is 1. The molecule has 0 radical (unpaired) electrons. The molecule has 1 fully saturated rings. The largest absolute Gasteiger partial charge is 0.368 e. The monoisotopic (exact) mass is 439 g/mol. The van der Waals surface area contributed by atoms with Crippen molar-refractivity contribution in [3.63, 3.8) is 0 Å². The molecule has 0 aliphatic carbocycles. The standard InChI is InChI=1S/C22H29N7O3/c1-29-14-5-4-9-17(29)21-25-19(32-28-21)11-10-18(30)23-12-6-13-24-20-15-7-2-3-8-16(15)22(31)27-26-20/h2-3,7-8,17H,4-6,9-14H2,1H3,(H,23,30)(H,24,26)(H,27,31). The van der Waals surface area contributed by atoms with Crippen LogP contribution in [0.15, 0.2) is 33.6 Å². The van der Waals surface area contributed by atoms with Crippen LogP contribution in [-0.4, -0.2) is 57.8 Å². The third-order valence-corrected chi connectivity index (χ3v) is 5.78. The summed E-state index contributed by atoms with van der Waals surface area (Å²) in [5.74, 6) is 1.80. The Kier molecular flexibility index (Phi) is 7.10. The second-order valence-electron chi connectivity index (χ2n) is 8.12. The Morgan fingerprint density at radius 2 is 2.09 bits per heavy atom. The van der Waals surface area contributed by atoms with Crippen LogP contribution in [-0.2, 0) is 11.2 Å². The number of amides is 1. The molecule has 0 bridgehead atoms. The number of piperidine rings is 1. The van der Waals surface area contributed by atoms with Crippen LogP contribution in [0, 0.1) is 0 Å². The highest BCUT2D eigenvalue weighted by Crippen LogP contribution is 2.27. The minimum atomic E-state index is -0.211. The Balaban J connectivity index is 1.17. The summed E-state index contributed by atoms with van der Waals surface area (Å²) in [6.45, 7) is 2.20. The quantitative estimate of drug-likeness (QED) is 0.432. The summed E-state index contributed by atoms with van der Waals surface area (Å²) in [6.07, 6.45) is 4.87. The molecule has 1 amide bonds. The number of hydrogen-bond donors (Lipinski definition) is 3. The molecule has 10 heteroatoms. The van der Waals surface area contributed by atoms with E-state index in [-0.39, 0.29) is 17.5 Å². The number of benzene rings is 1. The van der Waals surface area contributed by atoms with Crippen molar-refractivity contribution >= 4 is 22.5 Å². The maximum atomic E-state index is 12.1. The SMILES string of the molecule is CN1CCCCC1c1noc(CCC(=O)NCCCNc2n[nH]c(=O)c3ccccc23)n1. The van der Waals surface area contributed by atoms with Gasteiger partial charge in [-0.1, -0.05) is 29.8 Å². The highest BCUT2D eigenvalue weighted by Gasteiger charge is 2.25. The van der Waals surface area contributed by atoms with E-state index in [0.29, 0.717) is 43.0 Å². The van der Waals surface area contributed by atoms with E-state index in [1.807, 2.05) is 18.2 Å². The van der Waals surface area contributed by atoms with E-state index in [9.17, 15) is 9.59 Å². The zero-order chi connectivity index (χ0) is 22.3. The highest BCUT2D eigenvalue weighted by atomic mass is 16.5. The minimum absolute atomic E-state index is 0.0489. The topological polar surface area (TPSA) is 129 Å². The Morgan fingerprint density at radius 1 is 1.25 bits per heavy atom. The first-order valence-corrected chi connectivity index (χ1v) is 11.1. The van der Waals surface area contributed by atoms with Crippen molar-refractivity contribution in [2.75, 3.05) is 32.0 Å². The Hall–Kier alpha value is -3.27. The zero-order valence-electron chi connectivity index (χ0n) is 18.3. The van der Waals surface area contributed by atoms with Gasteiger partial charge in [-0.3, -0.25) is 14.5 Å². The van der Waals surface area contributed by atoms with Gasteiger partial charge >= 0.3 is 0 Å². The van der Waals surface area contributed by atoms with Crippen molar-refractivity contribution < 1.29 is 9.32 Å². The lowest BCUT2D eigenvalue weighted by Gasteiger charge is -2.29. The van der Waals surface area contributed by atoms with E-state index in [4.69, 9.17) is 4.52 Å². The molecule has 1 unspecified atom stereocenters. The van der Waals surface area contributed by atoms with Crippen LogP contribution in [0.25, 0.3) is 10.8 Å². The highest BCUT2D eigenvalue weighted by molar-refractivity contribution is 5.90. The van der Waals surface area contributed by atoms with Gasteiger partial charge in [0.25, 0.3) is 5.56 Å². The summed E-state index contributed by atoms with van der Waals surface area (Å²) in [7, 11) is 2.08. The van der Waals surface area contributed by atoms with Crippen LogP contribution in [0.4, 0.5) is 5.82 Å². The van der Waals surface area contributed by atoms with Gasteiger partial charge in [-0.15, -0.1) is 0 Å². The van der Waals surface area contributed by atoms with Crippen molar-refractivity contribution in [3.8, 4) is 0 Å². The number of nitrogens with zero attached hydrogens (tertiary/aromatic N) is 4. The summed E-state index contributed by atoms with van der Waals surface area (Å²) in [4.78, 5) is 30.7. The molecule has 10 nitrogen and oxygen atoms in total. The molecule has 1 aliphatic rings. The van der Waals surface area contributed by atoms with Crippen molar-refractivity contribution in [2.45, 2.75) is 44.6 Å². The van der Waals surface area contributed by atoms with Gasteiger partial charge in [-0.05, 0) is 38.9 Å². The summed E-state index contributed by atoms with van der Waals surface area (Å²) < 4.78 is 5.34. The Bertz CT molecular complexity index is 1110. The van der Waals surface area contributed by atoms with Crippen LogP contribution in [0.3, 0.4) is 0 Å². The smallest absolute Gasteiger partial charge is 0.272 e. The Morgan fingerprint density at radius 3 is 2.94 bits per heavy atom. The zero-order valence-corrected chi connectivity index (χ0v) is 18.3.